The molecule has 0 radical (unpaired) electrons. The minimum atomic E-state index is -3.42. The van der Waals surface area contributed by atoms with E-state index in [0.29, 0.717) is 9.96 Å². The summed E-state index contributed by atoms with van der Waals surface area (Å²) in [5.41, 5.74) is 0. The van der Waals surface area contributed by atoms with Gasteiger partial charge in [-0.2, -0.15) is 4.31 Å². The summed E-state index contributed by atoms with van der Waals surface area (Å²) in [5.74, 6) is 0.348. The van der Waals surface area contributed by atoms with E-state index in [1.54, 1.807) is 30.7 Å². The molecule has 0 aromatic carbocycles. The molecule has 0 N–H and O–H groups in total. The van der Waals surface area contributed by atoms with Crippen LogP contribution in [0.15, 0.2) is 21.7 Å². The van der Waals surface area contributed by atoms with Crippen LogP contribution in [-0.2, 0) is 20.8 Å². The molecular weight excluding hydrogens is 266 g/mol. The Labute approximate surface area is 103 Å². The third kappa shape index (κ3) is 3.13. The van der Waals surface area contributed by atoms with Crippen molar-refractivity contribution in [2.45, 2.75) is 17.2 Å². The molecule has 0 amide bonds. The van der Waals surface area contributed by atoms with Gasteiger partial charge in [-0.1, -0.05) is 6.07 Å². The third-order valence-electron chi connectivity index (χ3n) is 2.23. The lowest BCUT2D eigenvalue weighted by Gasteiger charge is -2.22. The van der Waals surface area contributed by atoms with Crippen molar-refractivity contribution in [1.82, 2.24) is 4.31 Å². The first kappa shape index (κ1) is 13.8. The van der Waals surface area contributed by atoms with Gasteiger partial charge in [0, 0.05) is 35.9 Å². The second-order valence-electron chi connectivity index (χ2n) is 3.54. The van der Waals surface area contributed by atoms with E-state index in [-0.39, 0.29) is 6.04 Å². The van der Waals surface area contributed by atoms with E-state index in [1.807, 2.05) is 0 Å². The Bertz CT molecular complexity index is 452. The molecule has 1 heterocycles. The van der Waals surface area contributed by atoms with Crippen LogP contribution in [0.3, 0.4) is 0 Å². The van der Waals surface area contributed by atoms with Gasteiger partial charge in [-0.15, -0.1) is 11.3 Å². The molecule has 0 saturated heterocycles. The fourth-order valence-corrected chi connectivity index (χ4v) is 4.77. The first-order chi connectivity index (χ1) is 7.35. The van der Waals surface area contributed by atoms with Crippen molar-refractivity contribution in [1.29, 1.82) is 0 Å². The van der Waals surface area contributed by atoms with E-state index < -0.39 is 20.8 Å². The summed E-state index contributed by atoms with van der Waals surface area (Å²) in [4.78, 5) is 0. The van der Waals surface area contributed by atoms with Gasteiger partial charge in [0.25, 0.3) is 10.0 Å². The van der Waals surface area contributed by atoms with Crippen molar-refractivity contribution < 1.29 is 12.6 Å². The van der Waals surface area contributed by atoms with Crippen LogP contribution >= 0.6 is 11.3 Å². The highest BCUT2D eigenvalue weighted by atomic mass is 32.2. The fraction of sp³-hybridized carbons (Fsp3) is 0.556. The Morgan fingerprint density at radius 2 is 2.19 bits per heavy atom. The van der Waals surface area contributed by atoms with Crippen molar-refractivity contribution in [3.8, 4) is 0 Å². The summed E-state index contributed by atoms with van der Waals surface area (Å²) in [6.07, 6.45) is 1.57. The summed E-state index contributed by atoms with van der Waals surface area (Å²) in [6.45, 7) is 1.76. The molecule has 1 aromatic heterocycles. The Morgan fingerprint density at radius 3 is 2.62 bits per heavy atom. The van der Waals surface area contributed by atoms with Crippen molar-refractivity contribution in [3.63, 3.8) is 0 Å². The van der Waals surface area contributed by atoms with E-state index >= 15 is 0 Å². The predicted molar refractivity (Wildman–Crippen MR) is 67.7 cm³/mol. The normalized spacial score (nSPS) is 16.2. The highest BCUT2D eigenvalue weighted by Crippen LogP contribution is 2.21. The van der Waals surface area contributed by atoms with Gasteiger partial charge in [0.1, 0.15) is 4.21 Å². The van der Waals surface area contributed by atoms with Gasteiger partial charge in [-0.25, -0.2) is 8.42 Å². The molecule has 0 aliphatic heterocycles. The van der Waals surface area contributed by atoms with Crippen LogP contribution in [0.4, 0.5) is 0 Å². The Kier molecular flexibility index (Phi) is 4.66. The second-order valence-corrected chi connectivity index (χ2v) is 8.19. The third-order valence-corrected chi connectivity index (χ3v) is 6.52. The zero-order valence-corrected chi connectivity index (χ0v) is 11.9. The van der Waals surface area contributed by atoms with Gasteiger partial charge in [0.05, 0.1) is 0 Å². The zero-order chi connectivity index (χ0) is 12.3. The molecule has 0 saturated carbocycles. The number of hydrogen-bond acceptors (Lipinski definition) is 4. The molecule has 0 fully saturated rings. The summed E-state index contributed by atoms with van der Waals surface area (Å²) >= 11 is 1.19. The van der Waals surface area contributed by atoms with E-state index in [1.165, 1.54) is 22.7 Å². The summed E-state index contributed by atoms with van der Waals surface area (Å²) in [5, 5.41) is 1.73. The maximum atomic E-state index is 12.1. The summed E-state index contributed by atoms with van der Waals surface area (Å²) in [6, 6.07) is 3.01. The van der Waals surface area contributed by atoms with E-state index in [9.17, 15) is 12.6 Å². The van der Waals surface area contributed by atoms with Crippen molar-refractivity contribution in [2.24, 2.45) is 0 Å². The highest BCUT2D eigenvalue weighted by Gasteiger charge is 2.26. The highest BCUT2D eigenvalue weighted by molar-refractivity contribution is 7.91. The van der Waals surface area contributed by atoms with Crippen LogP contribution in [0.1, 0.15) is 6.92 Å². The molecule has 1 rings (SSSR count). The van der Waals surface area contributed by atoms with Crippen LogP contribution < -0.4 is 0 Å². The number of sulfonamides is 1. The molecule has 0 bridgehead atoms. The fourth-order valence-electron chi connectivity index (χ4n) is 1.23. The molecular formula is C9H15NO3S3. The SMILES string of the molecule is C[C@@H](C[S@](C)=O)N(C)S(=O)(=O)c1cccs1. The molecule has 7 heteroatoms. The average Bonchev–Trinajstić information content (AvgIpc) is 2.68. The molecule has 2 atom stereocenters. The van der Waals surface area contributed by atoms with Crippen molar-refractivity contribution in [3.05, 3.63) is 17.5 Å². The first-order valence-corrected chi connectivity index (χ1v) is 8.72. The molecule has 0 spiro atoms. The van der Waals surface area contributed by atoms with Crippen LogP contribution in [-0.4, -0.2) is 42.0 Å². The summed E-state index contributed by atoms with van der Waals surface area (Å²) in [7, 11) is -2.90. The smallest absolute Gasteiger partial charge is 0.252 e. The second kappa shape index (κ2) is 5.39. The van der Waals surface area contributed by atoms with Crippen molar-refractivity contribution in [2.75, 3.05) is 19.1 Å². The Balaban J connectivity index is 2.89. The molecule has 4 nitrogen and oxygen atoms in total. The number of thiophene rings is 1. The van der Waals surface area contributed by atoms with E-state index in [0.717, 1.165) is 0 Å². The Morgan fingerprint density at radius 1 is 1.56 bits per heavy atom. The summed E-state index contributed by atoms with van der Waals surface area (Å²) < 4.78 is 36.8. The quantitative estimate of drug-likeness (QED) is 0.813. The van der Waals surface area contributed by atoms with Gasteiger partial charge in [0.15, 0.2) is 0 Å². The number of nitrogens with zero attached hydrogens (tertiary/aromatic N) is 1. The van der Waals surface area contributed by atoms with Gasteiger partial charge in [0.2, 0.25) is 0 Å². The number of hydrogen-bond donors (Lipinski definition) is 0. The van der Waals surface area contributed by atoms with Crippen LogP contribution in [0.25, 0.3) is 0 Å². The minimum absolute atomic E-state index is 0.266. The predicted octanol–water partition coefficient (Wildman–Crippen LogP) is 1.14. The van der Waals surface area contributed by atoms with Crippen molar-refractivity contribution >= 4 is 32.2 Å². The van der Waals surface area contributed by atoms with Crippen LogP contribution in [0, 0.1) is 0 Å². The first-order valence-electron chi connectivity index (χ1n) is 4.67. The van der Waals surface area contributed by atoms with Gasteiger partial charge in [-0.3, -0.25) is 4.21 Å². The van der Waals surface area contributed by atoms with E-state index in [2.05, 4.69) is 0 Å². The lowest BCUT2D eigenvalue weighted by molar-refractivity contribution is 0.414. The average molecular weight is 281 g/mol. The van der Waals surface area contributed by atoms with Crippen LogP contribution in [0.2, 0.25) is 0 Å². The van der Waals surface area contributed by atoms with Gasteiger partial charge < -0.3 is 0 Å². The van der Waals surface area contributed by atoms with Gasteiger partial charge in [-0.05, 0) is 18.4 Å². The maximum Gasteiger partial charge on any atom is 0.252 e. The number of rotatable bonds is 5. The maximum absolute atomic E-state index is 12.1. The standard InChI is InChI=1S/C9H15NO3S3/c1-8(7-15(3)11)10(2)16(12,13)9-5-4-6-14-9/h4-6,8H,7H2,1-3H3/t8-,15-/m0/s1. The molecule has 0 unspecified atom stereocenters. The topological polar surface area (TPSA) is 54.5 Å². The molecule has 1 aromatic rings. The minimum Gasteiger partial charge on any atom is -0.260 e. The van der Waals surface area contributed by atoms with E-state index in [4.69, 9.17) is 0 Å². The van der Waals surface area contributed by atoms with Gasteiger partial charge >= 0.3 is 0 Å². The lowest BCUT2D eigenvalue weighted by atomic mass is 10.4. The molecule has 0 aliphatic carbocycles. The molecule has 92 valence electrons. The zero-order valence-electron chi connectivity index (χ0n) is 9.41. The molecule has 16 heavy (non-hydrogen) atoms. The Hall–Kier alpha value is -0.240. The monoisotopic (exact) mass is 281 g/mol. The lowest BCUT2D eigenvalue weighted by Crippen LogP contribution is -2.37. The van der Waals surface area contributed by atoms with Crippen LogP contribution in [0.5, 0.6) is 0 Å². The largest absolute Gasteiger partial charge is 0.260 e. The molecule has 0 aliphatic rings.